The maximum absolute atomic E-state index is 4.31. The van der Waals surface area contributed by atoms with Crippen molar-refractivity contribution in [2.45, 2.75) is 40.0 Å². The van der Waals surface area contributed by atoms with Crippen molar-refractivity contribution in [1.82, 2.24) is 9.78 Å². The second kappa shape index (κ2) is 6.05. The van der Waals surface area contributed by atoms with Crippen LogP contribution in [0.1, 0.15) is 45.6 Å². The van der Waals surface area contributed by atoms with Crippen LogP contribution in [0.4, 0.5) is 0 Å². The highest BCUT2D eigenvalue weighted by atomic mass is 15.2. The van der Waals surface area contributed by atoms with Crippen molar-refractivity contribution < 1.29 is 0 Å². The van der Waals surface area contributed by atoms with Gasteiger partial charge in [0.05, 0.1) is 11.7 Å². The molecule has 0 N–H and O–H groups in total. The molecule has 0 amide bonds. The summed E-state index contributed by atoms with van der Waals surface area (Å²) in [4.78, 5) is 0. The summed E-state index contributed by atoms with van der Waals surface area (Å²) < 4.78 is 1.95. The first kappa shape index (κ1) is 13.9. The molecule has 0 aliphatic rings. The predicted octanol–water partition coefficient (Wildman–Crippen LogP) is 4.80. The summed E-state index contributed by atoms with van der Waals surface area (Å²) >= 11 is 0. The number of hydrogen-bond donors (Lipinski definition) is 0. The van der Waals surface area contributed by atoms with Crippen LogP contribution in [0, 0.1) is 5.92 Å². The minimum atomic E-state index is 0.715. The molecular weight excluding hydrogens is 232 g/mol. The molecule has 2 heteroatoms. The van der Waals surface area contributed by atoms with Crippen LogP contribution in [-0.2, 0) is 7.05 Å². The Morgan fingerprint density at radius 1 is 1.37 bits per heavy atom. The third-order valence-electron chi connectivity index (χ3n) is 3.47. The van der Waals surface area contributed by atoms with Gasteiger partial charge in [0.15, 0.2) is 0 Å². The topological polar surface area (TPSA) is 17.8 Å². The van der Waals surface area contributed by atoms with Gasteiger partial charge in [-0.05, 0) is 36.0 Å². The van der Waals surface area contributed by atoms with Gasteiger partial charge in [-0.25, -0.2) is 0 Å². The molecule has 0 saturated heterocycles. The van der Waals surface area contributed by atoms with Gasteiger partial charge < -0.3 is 0 Å². The Balaban J connectivity index is 2.37. The molecule has 0 aliphatic heterocycles. The Labute approximate surface area is 116 Å². The van der Waals surface area contributed by atoms with E-state index in [9.17, 15) is 0 Å². The Bertz CT molecular complexity index is 576. The molecule has 2 rings (SSSR count). The summed E-state index contributed by atoms with van der Waals surface area (Å²) in [7, 11) is 2.00. The lowest BCUT2D eigenvalue weighted by Gasteiger charge is -2.09. The van der Waals surface area contributed by atoms with Gasteiger partial charge in [0.1, 0.15) is 0 Å². The van der Waals surface area contributed by atoms with Crippen LogP contribution < -0.4 is 0 Å². The van der Waals surface area contributed by atoms with Gasteiger partial charge in [0.25, 0.3) is 0 Å². The molecule has 19 heavy (non-hydrogen) atoms. The average Bonchev–Trinajstić information content (AvgIpc) is 2.76. The van der Waals surface area contributed by atoms with E-state index < -0.39 is 0 Å². The molecular formula is C17H24N2. The van der Waals surface area contributed by atoms with Crippen molar-refractivity contribution in [3.8, 4) is 0 Å². The number of rotatable bonds is 5. The summed E-state index contributed by atoms with van der Waals surface area (Å²) in [6.45, 7) is 6.78. The Hall–Kier alpha value is -1.57. The molecule has 0 aliphatic carbocycles. The molecule has 0 atom stereocenters. The predicted molar refractivity (Wildman–Crippen MR) is 83.1 cm³/mol. The van der Waals surface area contributed by atoms with Crippen molar-refractivity contribution in [1.29, 1.82) is 0 Å². The number of nitrogens with zero attached hydrogens (tertiary/aromatic N) is 2. The van der Waals surface area contributed by atoms with E-state index in [-0.39, 0.29) is 0 Å². The standard InChI is InChI=1S/C17H24N2/c1-5-6-14(8-7-13(2)3)15-9-10-16-12-18-19(4)17(16)11-15/h8-13H,5-7H2,1-4H3/b14-8-. The third-order valence-corrected chi connectivity index (χ3v) is 3.47. The first-order valence-electron chi connectivity index (χ1n) is 7.23. The van der Waals surface area contributed by atoms with Gasteiger partial charge in [0.2, 0.25) is 0 Å². The average molecular weight is 256 g/mol. The smallest absolute Gasteiger partial charge is 0.0685 e. The normalized spacial score (nSPS) is 12.6. The first-order chi connectivity index (χ1) is 9.11. The van der Waals surface area contributed by atoms with Crippen molar-refractivity contribution in [2.24, 2.45) is 13.0 Å². The molecule has 1 aromatic carbocycles. The molecule has 0 saturated carbocycles. The Morgan fingerprint density at radius 2 is 2.16 bits per heavy atom. The van der Waals surface area contributed by atoms with Gasteiger partial charge in [0, 0.05) is 12.4 Å². The van der Waals surface area contributed by atoms with Crippen LogP contribution >= 0.6 is 0 Å². The van der Waals surface area contributed by atoms with E-state index in [0.717, 1.165) is 12.8 Å². The minimum absolute atomic E-state index is 0.715. The van der Waals surface area contributed by atoms with E-state index >= 15 is 0 Å². The summed E-state index contributed by atoms with van der Waals surface area (Å²) in [5, 5.41) is 5.53. The number of fused-ring (bicyclic) bond motifs is 1. The van der Waals surface area contributed by atoms with Crippen molar-refractivity contribution in [2.75, 3.05) is 0 Å². The molecule has 0 radical (unpaired) electrons. The molecule has 1 heterocycles. The molecule has 0 unspecified atom stereocenters. The lowest BCUT2D eigenvalue weighted by molar-refractivity contribution is 0.663. The SMILES string of the molecule is CCC/C(=C/CC(C)C)c1ccc2cnn(C)c2c1. The summed E-state index contributed by atoms with van der Waals surface area (Å²) in [6.07, 6.45) is 7.82. The molecule has 0 bridgehead atoms. The van der Waals surface area contributed by atoms with Crippen LogP contribution in [0.2, 0.25) is 0 Å². The zero-order valence-corrected chi connectivity index (χ0v) is 12.5. The number of aromatic nitrogens is 2. The molecule has 2 nitrogen and oxygen atoms in total. The van der Waals surface area contributed by atoms with Crippen LogP contribution in [-0.4, -0.2) is 9.78 Å². The number of allylic oxidation sites excluding steroid dienone is 2. The van der Waals surface area contributed by atoms with Gasteiger partial charge >= 0.3 is 0 Å². The van der Waals surface area contributed by atoms with Crippen molar-refractivity contribution >= 4 is 16.5 Å². The van der Waals surface area contributed by atoms with Crippen LogP contribution in [0.3, 0.4) is 0 Å². The molecule has 102 valence electrons. The van der Waals surface area contributed by atoms with Crippen LogP contribution in [0.15, 0.2) is 30.5 Å². The van der Waals surface area contributed by atoms with Gasteiger partial charge in [-0.2, -0.15) is 5.10 Å². The highest BCUT2D eigenvalue weighted by molar-refractivity contribution is 5.83. The minimum Gasteiger partial charge on any atom is -0.268 e. The quantitative estimate of drug-likeness (QED) is 0.751. The summed E-state index contributed by atoms with van der Waals surface area (Å²) in [5.74, 6) is 0.715. The largest absolute Gasteiger partial charge is 0.268 e. The maximum Gasteiger partial charge on any atom is 0.0685 e. The highest BCUT2D eigenvalue weighted by Gasteiger charge is 2.05. The molecule has 1 aromatic heterocycles. The Morgan fingerprint density at radius 3 is 2.84 bits per heavy atom. The maximum atomic E-state index is 4.31. The fraction of sp³-hybridized carbons (Fsp3) is 0.471. The fourth-order valence-corrected chi connectivity index (χ4v) is 2.36. The van der Waals surface area contributed by atoms with Gasteiger partial charge in [-0.1, -0.05) is 45.4 Å². The third kappa shape index (κ3) is 3.25. The van der Waals surface area contributed by atoms with Crippen molar-refractivity contribution in [3.05, 3.63) is 36.0 Å². The van der Waals surface area contributed by atoms with E-state index in [1.54, 1.807) is 0 Å². The number of hydrogen-bond acceptors (Lipinski definition) is 1. The number of aryl methyl sites for hydroxylation is 1. The van der Waals surface area contributed by atoms with Crippen LogP contribution in [0.25, 0.3) is 16.5 Å². The number of benzene rings is 1. The van der Waals surface area contributed by atoms with Crippen LogP contribution in [0.5, 0.6) is 0 Å². The van der Waals surface area contributed by atoms with E-state index in [4.69, 9.17) is 0 Å². The zero-order chi connectivity index (χ0) is 13.8. The van der Waals surface area contributed by atoms with E-state index in [1.165, 1.54) is 28.5 Å². The summed E-state index contributed by atoms with van der Waals surface area (Å²) in [5.41, 5.74) is 4.03. The Kier molecular flexibility index (Phi) is 4.41. The van der Waals surface area contributed by atoms with Gasteiger partial charge in [-0.3, -0.25) is 4.68 Å². The van der Waals surface area contributed by atoms with E-state index in [2.05, 4.69) is 50.1 Å². The second-order valence-electron chi connectivity index (χ2n) is 5.65. The second-order valence-corrected chi connectivity index (χ2v) is 5.65. The lowest BCUT2D eigenvalue weighted by atomic mass is 9.97. The molecule has 0 spiro atoms. The fourth-order valence-electron chi connectivity index (χ4n) is 2.36. The van der Waals surface area contributed by atoms with E-state index in [1.807, 2.05) is 17.9 Å². The molecule has 2 aromatic rings. The van der Waals surface area contributed by atoms with Crippen molar-refractivity contribution in [3.63, 3.8) is 0 Å². The monoisotopic (exact) mass is 256 g/mol. The zero-order valence-electron chi connectivity index (χ0n) is 12.5. The van der Waals surface area contributed by atoms with Gasteiger partial charge in [-0.15, -0.1) is 0 Å². The lowest BCUT2D eigenvalue weighted by Crippen LogP contribution is -1.92. The highest BCUT2D eigenvalue weighted by Crippen LogP contribution is 2.25. The van der Waals surface area contributed by atoms with E-state index in [0.29, 0.717) is 5.92 Å². The summed E-state index contributed by atoms with van der Waals surface area (Å²) in [6, 6.07) is 6.67. The first-order valence-corrected chi connectivity index (χ1v) is 7.23. The molecule has 0 fully saturated rings.